The maximum Gasteiger partial charge on any atom is 0.339 e. The molecule has 5 heteroatoms. The van der Waals surface area contributed by atoms with Gasteiger partial charge >= 0.3 is 11.9 Å². The van der Waals surface area contributed by atoms with Crippen molar-refractivity contribution in [2.24, 2.45) is 0 Å². The van der Waals surface area contributed by atoms with Gasteiger partial charge in [-0.1, -0.05) is 36.4 Å². The first-order valence-corrected chi connectivity index (χ1v) is 8.03. The summed E-state index contributed by atoms with van der Waals surface area (Å²) in [7, 11) is 1.29. The van der Waals surface area contributed by atoms with E-state index < -0.39 is 18.0 Å². The van der Waals surface area contributed by atoms with Crippen molar-refractivity contribution in [3.63, 3.8) is 0 Å². The lowest BCUT2D eigenvalue weighted by Crippen LogP contribution is -2.14. The van der Waals surface area contributed by atoms with Crippen LogP contribution in [-0.2, 0) is 9.47 Å². The molecule has 0 saturated heterocycles. The second kappa shape index (κ2) is 8.07. The van der Waals surface area contributed by atoms with Gasteiger partial charge in [0.15, 0.2) is 6.10 Å². The lowest BCUT2D eigenvalue weighted by molar-refractivity contribution is 0.0378. The second-order valence-corrected chi connectivity index (χ2v) is 5.55. The number of pyridine rings is 1. The number of carbonyl (C=O) groups excluding carboxylic acids is 2. The fraction of sp³-hybridized carbons (Fsp3) is 0.0952. The monoisotopic (exact) mass is 347 g/mol. The van der Waals surface area contributed by atoms with Crippen molar-refractivity contribution in [3.8, 4) is 0 Å². The van der Waals surface area contributed by atoms with Gasteiger partial charge in [-0.25, -0.2) is 9.59 Å². The molecule has 0 aliphatic carbocycles. The topological polar surface area (TPSA) is 65.5 Å². The van der Waals surface area contributed by atoms with E-state index in [1.807, 2.05) is 30.3 Å². The van der Waals surface area contributed by atoms with Crippen molar-refractivity contribution in [2.75, 3.05) is 7.11 Å². The van der Waals surface area contributed by atoms with Crippen LogP contribution in [0.3, 0.4) is 0 Å². The molecule has 3 rings (SSSR count). The Morgan fingerprint density at radius 1 is 0.808 bits per heavy atom. The molecule has 5 nitrogen and oxygen atoms in total. The quantitative estimate of drug-likeness (QED) is 0.657. The van der Waals surface area contributed by atoms with Gasteiger partial charge in [0.05, 0.1) is 18.2 Å². The number of hydrogen-bond acceptors (Lipinski definition) is 5. The molecule has 0 radical (unpaired) electrons. The third-order valence-electron chi connectivity index (χ3n) is 3.86. The Labute approximate surface area is 151 Å². The van der Waals surface area contributed by atoms with E-state index in [9.17, 15) is 9.59 Å². The highest BCUT2D eigenvalue weighted by molar-refractivity contribution is 5.95. The normalized spacial score (nSPS) is 11.4. The van der Waals surface area contributed by atoms with Gasteiger partial charge in [-0.3, -0.25) is 4.98 Å². The van der Waals surface area contributed by atoms with Gasteiger partial charge < -0.3 is 9.47 Å². The summed E-state index contributed by atoms with van der Waals surface area (Å²) in [6, 6.07) is 19.3. The van der Waals surface area contributed by atoms with E-state index in [4.69, 9.17) is 9.47 Å². The van der Waals surface area contributed by atoms with Crippen molar-refractivity contribution in [1.82, 2.24) is 4.98 Å². The second-order valence-electron chi connectivity index (χ2n) is 5.55. The molecule has 1 atom stereocenters. The molecule has 0 saturated carbocycles. The standard InChI is InChI=1S/C21H17NO4/c1-25-20(23)17-8-5-9-18(14-17)21(24)26-19(15-6-3-2-4-7-15)16-10-12-22-13-11-16/h2-14,19H,1H3. The molecule has 0 aliphatic heterocycles. The van der Waals surface area contributed by atoms with Crippen molar-refractivity contribution < 1.29 is 19.1 Å². The van der Waals surface area contributed by atoms with Crippen LogP contribution in [0.1, 0.15) is 37.9 Å². The number of aromatic nitrogens is 1. The fourth-order valence-electron chi connectivity index (χ4n) is 2.56. The van der Waals surface area contributed by atoms with E-state index in [1.165, 1.54) is 13.2 Å². The molecule has 0 amide bonds. The van der Waals surface area contributed by atoms with Gasteiger partial charge in [-0.05, 0) is 35.9 Å². The van der Waals surface area contributed by atoms with Crippen LogP contribution in [-0.4, -0.2) is 24.0 Å². The molecule has 0 aliphatic rings. The number of methoxy groups -OCH3 is 1. The van der Waals surface area contributed by atoms with E-state index in [0.29, 0.717) is 5.56 Å². The van der Waals surface area contributed by atoms with E-state index >= 15 is 0 Å². The summed E-state index contributed by atoms with van der Waals surface area (Å²) in [5.41, 5.74) is 2.23. The van der Waals surface area contributed by atoms with E-state index in [0.717, 1.165) is 11.1 Å². The Morgan fingerprint density at radius 3 is 2.08 bits per heavy atom. The molecule has 2 aromatic carbocycles. The first-order valence-electron chi connectivity index (χ1n) is 8.03. The number of hydrogen-bond donors (Lipinski definition) is 0. The highest BCUT2D eigenvalue weighted by atomic mass is 16.5. The number of rotatable bonds is 5. The van der Waals surface area contributed by atoms with Gasteiger partial charge in [0.25, 0.3) is 0 Å². The van der Waals surface area contributed by atoms with Crippen LogP contribution >= 0.6 is 0 Å². The number of esters is 2. The summed E-state index contributed by atoms with van der Waals surface area (Å²) < 4.78 is 10.5. The first-order chi connectivity index (χ1) is 12.7. The zero-order valence-corrected chi connectivity index (χ0v) is 14.2. The molecule has 0 bridgehead atoms. The number of ether oxygens (including phenoxy) is 2. The molecule has 1 heterocycles. The summed E-state index contributed by atoms with van der Waals surface area (Å²) in [5, 5.41) is 0. The molecule has 130 valence electrons. The minimum atomic E-state index is -0.575. The third-order valence-corrected chi connectivity index (χ3v) is 3.86. The number of benzene rings is 2. The molecule has 0 spiro atoms. The van der Waals surface area contributed by atoms with Crippen LogP contribution in [0.5, 0.6) is 0 Å². The minimum Gasteiger partial charge on any atom is -0.465 e. The predicted molar refractivity (Wildman–Crippen MR) is 95.7 cm³/mol. The zero-order valence-electron chi connectivity index (χ0n) is 14.2. The van der Waals surface area contributed by atoms with Gasteiger partial charge in [0.1, 0.15) is 0 Å². The Kier molecular flexibility index (Phi) is 5.39. The predicted octanol–water partition coefficient (Wildman–Crippen LogP) is 3.81. The molecular formula is C21H17NO4. The third kappa shape index (κ3) is 3.95. The largest absolute Gasteiger partial charge is 0.465 e. The average molecular weight is 347 g/mol. The van der Waals surface area contributed by atoms with Crippen LogP contribution in [0.2, 0.25) is 0 Å². The van der Waals surface area contributed by atoms with E-state index in [1.54, 1.807) is 42.7 Å². The van der Waals surface area contributed by atoms with Gasteiger partial charge in [-0.15, -0.1) is 0 Å². The van der Waals surface area contributed by atoms with E-state index in [-0.39, 0.29) is 5.56 Å². The summed E-state index contributed by atoms with van der Waals surface area (Å²) in [6.07, 6.45) is 2.72. The van der Waals surface area contributed by atoms with Gasteiger partial charge in [0, 0.05) is 18.0 Å². The molecule has 0 fully saturated rings. The van der Waals surface area contributed by atoms with Crippen LogP contribution in [0.15, 0.2) is 79.1 Å². The molecule has 1 aromatic heterocycles. The van der Waals surface area contributed by atoms with Crippen LogP contribution in [0.4, 0.5) is 0 Å². The van der Waals surface area contributed by atoms with Crippen LogP contribution in [0, 0.1) is 0 Å². The lowest BCUT2D eigenvalue weighted by atomic mass is 10.0. The fourth-order valence-corrected chi connectivity index (χ4v) is 2.56. The minimum absolute atomic E-state index is 0.280. The van der Waals surface area contributed by atoms with Gasteiger partial charge in [-0.2, -0.15) is 0 Å². The maximum absolute atomic E-state index is 12.7. The van der Waals surface area contributed by atoms with Crippen molar-refractivity contribution in [2.45, 2.75) is 6.10 Å². The Hall–Kier alpha value is -3.47. The lowest BCUT2D eigenvalue weighted by Gasteiger charge is -2.19. The van der Waals surface area contributed by atoms with E-state index in [2.05, 4.69) is 4.98 Å². The summed E-state index contributed by atoms with van der Waals surface area (Å²) in [5.74, 6) is -1.03. The Balaban J connectivity index is 1.90. The molecule has 26 heavy (non-hydrogen) atoms. The highest BCUT2D eigenvalue weighted by Crippen LogP contribution is 2.26. The van der Waals surface area contributed by atoms with Crippen molar-refractivity contribution in [1.29, 1.82) is 0 Å². The highest BCUT2D eigenvalue weighted by Gasteiger charge is 2.20. The first kappa shape index (κ1) is 17.4. The SMILES string of the molecule is COC(=O)c1cccc(C(=O)OC(c2ccccc2)c2ccncc2)c1. The van der Waals surface area contributed by atoms with Gasteiger partial charge in [0.2, 0.25) is 0 Å². The Bertz CT molecular complexity index is 855. The van der Waals surface area contributed by atoms with Crippen molar-refractivity contribution >= 4 is 11.9 Å². The summed E-state index contributed by atoms with van der Waals surface area (Å²) in [6.45, 7) is 0. The average Bonchev–Trinajstić information content (AvgIpc) is 2.72. The van der Waals surface area contributed by atoms with Crippen molar-refractivity contribution in [3.05, 3.63) is 101 Å². The van der Waals surface area contributed by atoms with Crippen LogP contribution < -0.4 is 0 Å². The molecule has 1 unspecified atom stereocenters. The summed E-state index contributed by atoms with van der Waals surface area (Å²) in [4.78, 5) is 28.4. The molecule has 0 N–H and O–H groups in total. The molecular weight excluding hydrogens is 330 g/mol. The maximum atomic E-state index is 12.7. The summed E-state index contributed by atoms with van der Waals surface area (Å²) >= 11 is 0. The smallest absolute Gasteiger partial charge is 0.339 e. The van der Waals surface area contributed by atoms with Crippen LogP contribution in [0.25, 0.3) is 0 Å². The molecule has 3 aromatic rings. The number of carbonyl (C=O) groups is 2. The Morgan fingerprint density at radius 2 is 1.42 bits per heavy atom. The number of nitrogens with zero attached hydrogens (tertiary/aromatic N) is 1. The zero-order chi connectivity index (χ0) is 18.4.